The van der Waals surface area contributed by atoms with Gasteiger partial charge in [-0.3, -0.25) is 4.79 Å². The Morgan fingerprint density at radius 2 is 2.05 bits per heavy atom. The summed E-state index contributed by atoms with van der Waals surface area (Å²) < 4.78 is 6.10. The molecule has 0 radical (unpaired) electrons. The van der Waals surface area contributed by atoms with Crippen LogP contribution in [0.4, 0.5) is 5.69 Å². The van der Waals surface area contributed by atoms with Crippen LogP contribution in [0.1, 0.15) is 30.3 Å². The Morgan fingerprint density at radius 3 is 2.67 bits per heavy atom. The van der Waals surface area contributed by atoms with Gasteiger partial charge in [-0.1, -0.05) is 22.9 Å². The summed E-state index contributed by atoms with van der Waals surface area (Å²) in [6, 6.07) is 8.27. The van der Waals surface area contributed by atoms with E-state index in [1.54, 1.807) is 24.3 Å². The molecule has 0 unspecified atom stereocenters. The highest BCUT2D eigenvalue weighted by Gasteiger charge is 2.14. The van der Waals surface area contributed by atoms with Crippen molar-refractivity contribution in [3.8, 4) is 11.3 Å². The summed E-state index contributed by atoms with van der Waals surface area (Å²) in [5.41, 5.74) is 1.21. The number of amides is 1. The van der Waals surface area contributed by atoms with Crippen molar-refractivity contribution < 1.29 is 19.1 Å². The summed E-state index contributed by atoms with van der Waals surface area (Å²) >= 11 is 3.35. The number of hydrogen-bond donors (Lipinski definition) is 2. The van der Waals surface area contributed by atoms with Crippen LogP contribution < -0.4 is 5.32 Å². The average Bonchev–Trinajstić information content (AvgIpc) is 2.88. The number of carboxylic acid groups (broad SMARTS) is 1. The van der Waals surface area contributed by atoms with Gasteiger partial charge in [-0.25, -0.2) is 4.79 Å². The van der Waals surface area contributed by atoms with Gasteiger partial charge in [-0.2, -0.15) is 0 Å². The van der Waals surface area contributed by atoms with Crippen LogP contribution in [-0.2, 0) is 4.79 Å². The first kappa shape index (κ1) is 15.3. The minimum absolute atomic E-state index is 0.0955. The molecule has 0 saturated carbocycles. The number of carbonyl (C=O) groups excluding carboxylic acids is 1. The molecular weight excluding hydrogens is 338 g/mol. The van der Waals surface area contributed by atoms with E-state index in [1.807, 2.05) is 6.92 Å². The molecule has 1 aromatic carbocycles. The lowest BCUT2D eigenvalue weighted by Crippen LogP contribution is -2.11. The van der Waals surface area contributed by atoms with E-state index < -0.39 is 5.97 Å². The minimum atomic E-state index is -1.13. The number of rotatable bonds is 5. The molecule has 0 atom stereocenters. The molecule has 0 aliphatic carbocycles. The number of anilines is 1. The highest BCUT2D eigenvalue weighted by molar-refractivity contribution is 9.10. The van der Waals surface area contributed by atoms with Crippen molar-refractivity contribution in [1.29, 1.82) is 0 Å². The standard InChI is InChI=1S/C15H14BrNO4/c1-2-3-14(18)17-11-8-9(16)4-5-10(11)12-6-7-13(21-12)15(19)20/h4-8H,2-3H2,1H3,(H,17,18)(H,19,20). The number of aromatic carboxylic acids is 1. The van der Waals surface area contributed by atoms with Gasteiger partial charge in [0.15, 0.2) is 0 Å². The van der Waals surface area contributed by atoms with E-state index in [0.717, 1.165) is 10.9 Å². The summed E-state index contributed by atoms with van der Waals surface area (Å²) in [7, 11) is 0. The van der Waals surface area contributed by atoms with Gasteiger partial charge in [0.2, 0.25) is 11.7 Å². The Kier molecular flexibility index (Phi) is 4.80. The number of carbonyl (C=O) groups is 2. The van der Waals surface area contributed by atoms with Gasteiger partial charge in [-0.05, 0) is 36.8 Å². The molecule has 1 aromatic heterocycles. The molecule has 0 bridgehead atoms. The molecular formula is C15H14BrNO4. The van der Waals surface area contributed by atoms with Crippen molar-refractivity contribution in [3.05, 3.63) is 40.6 Å². The Balaban J connectivity index is 2.37. The number of benzene rings is 1. The molecule has 0 saturated heterocycles. The van der Waals surface area contributed by atoms with E-state index in [2.05, 4.69) is 21.2 Å². The first-order valence-electron chi connectivity index (χ1n) is 6.44. The normalized spacial score (nSPS) is 10.4. The van der Waals surface area contributed by atoms with Crippen LogP contribution in [0.2, 0.25) is 0 Å². The molecule has 0 spiro atoms. The van der Waals surface area contributed by atoms with Crippen molar-refractivity contribution in [1.82, 2.24) is 0 Å². The highest BCUT2D eigenvalue weighted by atomic mass is 79.9. The van der Waals surface area contributed by atoms with E-state index >= 15 is 0 Å². The molecule has 6 heteroatoms. The first-order chi connectivity index (χ1) is 10.0. The zero-order valence-electron chi connectivity index (χ0n) is 11.4. The maximum absolute atomic E-state index is 11.8. The Labute approximate surface area is 130 Å². The van der Waals surface area contributed by atoms with Gasteiger partial charge in [0.05, 0.1) is 5.69 Å². The monoisotopic (exact) mass is 351 g/mol. The molecule has 21 heavy (non-hydrogen) atoms. The van der Waals surface area contributed by atoms with Crippen LogP contribution in [0, 0.1) is 0 Å². The second-order valence-corrected chi connectivity index (χ2v) is 5.37. The molecule has 0 aliphatic rings. The quantitative estimate of drug-likeness (QED) is 0.847. The molecule has 0 fully saturated rings. The maximum atomic E-state index is 11.8. The lowest BCUT2D eigenvalue weighted by atomic mass is 10.1. The van der Waals surface area contributed by atoms with Crippen molar-refractivity contribution in [2.24, 2.45) is 0 Å². The van der Waals surface area contributed by atoms with Crippen molar-refractivity contribution >= 4 is 33.5 Å². The van der Waals surface area contributed by atoms with Gasteiger partial charge < -0.3 is 14.8 Å². The third-order valence-electron chi connectivity index (χ3n) is 2.82. The Morgan fingerprint density at radius 1 is 1.29 bits per heavy atom. The van der Waals surface area contributed by atoms with Gasteiger partial charge in [0.25, 0.3) is 0 Å². The lowest BCUT2D eigenvalue weighted by molar-refractivity contribution is -0.116. The van der Waals surface area contributed by atoms with Crippen LogP contribution in [0.15, 0.2) is 39.2 Å². The fourth-order valence-electron chi connectivity index (χ4n) is 1.87. The van der Waals surface area contributed by atoms with Gasteiger partial charge in [0, 0.05) is 16.5 Å². The predicted molar refractivity (Wildman–Crippen MR) is 82.3 cm³/mol. The van der Waals surface area contributed by atoms with E-state index in [4.69, 9.17) is 9.52 Å². The summed E-state index contributed by atoms with van der Waals surface area (Å²) in [6.07, 6.45) is 1.17. The van der Waals surface area contributed by atoms with Gasteiger partial charge in [0.1, 0.15) is 5.76 Å². The second-order valence-electron chi connectivity index (χ2n) is 4.46. The number of furan rings is 1. The van der Waals surface area contributed by atoms with E-state index in [1.165, 1.54) is 6.07 Å². The maximum Gasteiger partial charge on any atom is 0.371 e. The van der Waals surface area contributed by atoms with Gasteiger partial charge in [-0.15, -0.1) is 0 Å². The van der Waals surface area contributed by atoms with Crippen LogP contribution in [0.3, 0.4) is 0 Å². The largest absolute Gasteiger partial charge is 0.475 e. The topological polar surface area (TPSA) is 79.5 Å². The molecule has 5 nitrogen and oxygen atoms in total. The predicted octanol–water partition coefficient (Wildman–Crippen LogP) is 4.15. The average molecular weight is 352 g/mol. The fraction of sp³-hybridized carbons (Fsp3) is 0.200. The zero-order chi connectivity index (χ0) is 15.4. The van der Waals surface area contributed by atoms with Crippen LogP contribution >= 0.6 is 15.9 Å². The Bertz CT molecular complexity index is 678. The van der Waals surface area contributed by atoms with Crippen molar-refractivity contribution in [2.45, 2.75) is 19.8 Å². The Hall–Kier alpha value is -2.08. The van der Waals surface area contributed by atoms with E-state index in [9.17, 15) is 9.59 Å². The molecule has 0 aliphatic heterocycles. The van der Waals surface area contributed by atoms with Crippen molar-refractivity contribution in [3.63, 3.8) is 0 Å². The van der Waals surface area contributed by atoms with Crippen LogP contribution in [-0.4, -0.2) is 17.0 Å². The molecule has 110 valence electrons. The molecule has 2 rings (SSSR count). The highest BCUT2D eigenvalue weighted by Crippen LogP contribution is 2.32. The summed E-state index contributed by atoms with van der Waals surface area (Å²) in [4.78, 5) is 22.6. The van der Waals surface area contributed by atoms with Crippen LogP contribution in [0.25, 0.3) is 11.3 Å². The molecule has 1 heterocycles. The molecule has 2 aromatic rings. The summed E-state index contributed by atoms with van der Waals surface area (Å²) in [6.45, 7) is 1.92. The first-order valence-corrected chi connectivity index (χ1v) is 7.23. The number of hydrogen-bond acceptors (Lipinski definition) is 3. The second kappa shape index (κ2) is 6.58. The van der Waals surface area contributed by atoms with E-state index in [-0.39, 0.29) is 11.7 Å². The molecule has 1 amide bonds. The third kappa shape index (κ3) is 3.72. The zero-order valence-corrected chi connectivity index (χ0v) is 12.9. The van der Waals surface area contributed by atoms with E-state index in [0.29, 0.717) is 23.4 Å². The third-order valence-corrected chi connectivity index (χ3v) is 3.31. The lowest BCUT2D eigenvalue weighted by Gasteiger charge is -2.10. The number of halogens is 1. The van der Waals surface area contributed by atoms with Crippen LogP contribution in [0.5, 0.6) is 0 Å². The number of nitrogens with one attached hydrogen (secondary N) is 1. The smallest absolute Gasteiger partial charge is 0.371 e. The van der Waals surface area contributed by atoms with Gasteiger partial charge >= 0.3 is 5.97 Å². The summed E-state index contributed by atoms with van der Waals surface area (Å²) in [5.74, 6) is -0.970. The fourth-order valence-corrected chi connectivity index (χ4v) is 2.23. The minimum Gasteiger partial charge on any atom is -0.475 e. The summed E-state index contributed by atoms with van der Waals surface area (Å²) in [5, 5.41) is 11.7. The molecule has 2 N–H and O–H groups in total. The van der Waals surface area contributed by atoms with Crippen molar-refractivity contribution in [2.75, 3.05) is 5.32 Å². The number of carboxylic acids is 1. The SMILES string of the molecule is CCCC(=O)Nc1cc(Br)ccc1-c1ccc(C(=O)O)o1.